The smallest absolute Gasteiger partial charge is 0.0604 e. The molecule has 1 aromatic rings. The molecule has 1 aliphatic carbocycles. The number of ether oxygens (including phenoxy) is 1. The molecule has 0 aliphatic heterocycles. The van der Waals surface area contributed by atoms with Crippen molar-refractivity contribution in [1.82, 2.24) is 5.32 Å². The molecule has 1 saturated carbocycles. The van der Waals surface area contributed by atoms with Crippen molar-refractivity contribution in [3.05, 3.63) is 28.2 Å². The Hall–Kier alpha value is -0.580. The largest absolute Gasteiger partial charge is 0.398 e. The Bertz CT molecular complexity index is 378. The topological polar surface area (TPSA) is 47.3 Å². The number of hydrogen-bond acceptors (Lipinski definition) is 3. The molecule has 0 heterocycles. The first-order chi connectivity index (χ1) is 8.19. The second-order valence-electron chi connectivity index (χ2n) is 4.47. The van der Waals surface area contributed by atoms with Crippen molar-refractivity contribution in [2.45, 2.75) is 38.5 Å². The lowest BCUT2D eigenvalue weighted by Crippen LogP contribution is -2.45. The number of nitrogens with one attached hydrogen (secondary N) is 1. The van der Waals surface area contributed by atoms with E-state index in [2.05, 4.69) is 27.3 Å². The molecule has 94 valence electrons. The van der Waals surface area contributed by atoms with E-state index in [1.54, 1.807) is 0 Å². The fourth-order valence-corrected chi connectivity index (χ4v) is 2.46. The van der Waals surface area contributed by atoms with Crippen LogP contribution in [0.25, 0.3) is 0 Å². The van der Waals surface area contributed by atoms with E-state index < -0.39 is 0 Å². The molecule has 0 bridgehead atoms. The lowest BCUT2D eigenvalue weighted by Gasteiger charge is -2.35. The molecule has 2 rings (SSSR count). The molecule has 1 fully saturated rings. The molecule has 4 heteroatoms. The van der Waals surface area contributed by atoms with Crippen LogP contribution in [0.15, 0.2) is 22.7 Å². The van der Waals surface area contributed by atoms with E-state index in [1.165, 1.54) is 0 Å². The maximum Gasteiger partial charge on any atom is 0.0604 e. The third kappa shape index (κ3) is 3.44. The van der Waals surface area contributed by atoms with E-state index in [0.29, 0.717) is 12.1 Å². The third-order valence-electron chi connectivity index (χ3n) is 3.19. The van der Waals surface area contributed by atoms with Crippen molar-refractivity contribution in [2.24, 2.45) is 0 Å². The summed E-state index contributed by atoms with van der Waals surface area (Å²) in [7, 11) is 0. The molecule has 0 atom stereocenters. The van der Waals surface area contributed by atoms with Crippen molar-refractivity contribution >= 4 is 21.6 Å². The van der Waals surface area contributed by atoms with Crippen LogP contribution in [-0.4, -0.2) is 18.8 Å². The van der Waals surface area contributed by atoms with Crippen LogP contribution in [0.1, 0.15) is 25.3 Å². The molecule has 0 amide bonds. The Morgan fingerprint density at radius 1 is 1.47 bits per heavy atom. The standard InChI is InChI=1S/C13H19BrN2O/c1-2-17-12-6-11(7-12)16-8-9-3-4-10(14)5-13(9)15/h3-5,11-12,16H,2,6-8,15H2,1H3. The SMILES string of the molecule is CCOC1CC(NCc2ccc(Br)cc2N)C1. The van der Waals surface area contributed by atoms with Crippen LogP contribution >= 0.6 is 15.9 Å². The van der Waals surface area contributed by atoms with Crippen molar-refractivity contribution in [3.63, 3.8) is 0 Å². The lowest BCUT2D eigenvalue weighted by molar-refractivity contribution is -0.0102. The average molecular weight is 299 g/mol. The van der Waals surface area contributed by atoms with E-state index >= 15 is 0 Å². The van der Waals surface area contributed by atoms with Crippen molar-refractivity contribution in [2.75, 3.05) is 12.3 Å². The van der Waals surface area contributed by atoms with Crippen LogP contribution in [0, 0.1) is 0 Å². The van der Waals surface area contributed by atoms with E-state index in [-0.39, 0.29) is 0 Å². The second kappa shape index (κ2) is 5.85. The monoisotopic (exact) mass is 298 g/mol. The average Bonchev–Trinajstić information content (AvgIpc) is 2.23. The number of nitrogens with two attached hydrogens (primary N) is 1. The Labute approximate surface area is 111 Å². The van der Waals surface area contributed by atoms with Gasteiger partial charge in [0, 0.05) is 29.4 Å². The number of rotatable bonds is 5. The summed E-state index contributed by atoms with van der Waals surface area (Å²) in [5.74, 6) is 0. The maximum atomic E-state index is 5.95. The zero-order chi connectivity index (χ0) is 12.3. The number of anilines is 1. The summed E-state index contributed by atoms with van der Waals surface area (Å²) in [6.45, 7) is 3.70. The van der Waals surface area contributed by atoms with Gasteiger partial charge in [-0.3, -0.25) is 0 Å². The molecular formula is C13H19BrN2O. The van der Waals surface area contributed by atoms with Gasteiger partial charge in [0.2, 0.25) is 0 Å². The molecule has 0 spiro atoms. The Balaban J connectivity index is 1.76. The Morgan fingerprint density at radius 2 is 2.24 bits per heavy atom. The normalized spacial score (nSPS) is 23.4. The summed E-state index contributed by atoms with van der Waals surface area (Å²) in [5.41, 5.74) is 7.95. The summed E-state index contributed by atoms with van der Waals surface area (Å²) in [6, 6.07) is 6.61. The van der Waals surface area contributed by atoms with Crippen LogP contribution in [-0.2, 0) is 11.3 Å². The van der Waals surface area contributed by atoms with E-state index in [0.717, 1.165) is 41.7 Å². The molecule has 0 radical (unpaired) electrons. The fraction of sp³-hybridized carbons (Fsp3) is 0.538. The minimum Gasteiger partial charge on any atom is -0.398 e. The van der Waals surface area contributed by atoms with E-state index in [9.17, 15) is 0 Å². The second-order valence-corrected chi connectivity index (χ2v) is 5.39. The van der Waals surface area contributed by atoms with Crippen LogP contribution in [0.3, 0.4) is 0 Å². The molecule has 1 aliphatic rings. The highest BCUT2D eigenvalue weighted by atomic mass is 79.9. The van der Waals surface area contributed by atoms with Crippen LogP contribution in [0.5, 0.6) is 0 Å². The molecule has 0 aromatic heterocycles. The minimum absolute atomic E-state index is 0.458. The summed E-state index contributed by atoms with van der Waals surface area (Å²) >= 11 is 3.41. The quantitative estimate of drug-likeness (QED) is 0.822. The van der Waals surface area contributed by atoms with Crippen molar-refractivity contribution in [3.8, 4) is 0 Å². The summed E-state index contributed by atoms with van der Waals surface area (Å²) in [4.78, 5) is 0. The highest BCUT2D eigenvalue weighted by molar-refractivity contribution is 9.10. The van der Waals surface area contributed by atoms with Crippen LogP contribution in [0.2, 0.25) is 0 Å². The zero-order valence-corrected chi connectivity index (χ0v) is 11.7. The van der Waals surface area contributed by atoms with Gasteiger partial charge in [0.05, 0.1) is 6.10 Å². The third-order valence-corrected chi connectivity index (χ3v) is 3.68. The summed E-state index contributed by atoms with van der Waals surface area (Å²) < 4.78 is 6.56. The molecule has 0 saturated heterocycles. The highest BCUT2D eigenvalue weighted by Gasteiger charge is 2.28. The molecule has 0 unspecified atom stereocenters. The zero-order valence-electron chi connectivity index (χ0n) is 10.1. The predicted molar refractivity (Wildman–Crippen MR) is 73.8 cm³/mol. The van der Waals surface area contributed by atoms with Gasteiger partial charge in [-0.25, -0.2) is 0 Å². The first-order valence-corrected chi connectivity index (χ1v) is 6.87. The van der Waals surface area contributed by atoms with Gasteiger partial charge in [-0.1, -0.05) is 22.0 Å². The first kappa shape index (κ1) is 12.9. The fourth-order valence-electron chi connectivity index (χ4n) is 2.09. The van der Waals surface area contributed by atoms with E-state index in [4.69, 9.17) is 10.5 Å². The number of hydrogen-bond donors (Lipinski definition) is 2. The van der Waals surface area contributed by atoms with Gasteiger partial charge in [-0.2, -0.15) is 0 Å². The molecule has 17 heavy (non-hydrogen) atoms. The van der Waals surface area contributed by atoms with Gasteiger partial charge in [-0.05, 0) is 37.5 Å². The van der Waals surface area contributed by atoms with Gasteiger partial charge in [0.15, 0.2) is 0 Å². The van der Waals surface area contributed by atoms with Gasteiger partial charge in [0.1, 0.15) is 0 Å². The number of halogens is 1. The summed E-state index contributed by atoms with van der Waals surface area (Å²) in [6.07, 6.45) is 2.69. The van der Waals surface area contributed by atoms with Crippen molar-refractivity contribution < 1.29 is 4.74 Å². The minimum atomic E-state index is 0.458. The van der Waals surface area contributed by atoms with Gasteiger partial charge in [-0.15, -0.1) is 0 Å². The van der Waals surface area contributed by atoms with Gasteiger partial charge < -0.3 is 15.8 Å². The lowest BCUT2D eigenvalue weighted by atomic mass is 9.89. The maximum absolute atomic E-state index is 5.95. The molecular weight excluding hydrogens is 280 g/mol. The van der Waals surface area contributed by atoms with Crippen molar-refractivity contribution in [1.29, 1.82) is 0 Å². The summed E-state index contributed by atoms with van der Waals surface area (Å²) in [5, 5.41) is 3.51. The van der Waals surface area contributed by atoms with Gasteiger partial charge in [0.25, 0.3) is 0 Å². The predicted octanol–water partition coefficient (Wildman–Crippen LogP) is 2.69. The van der Waals surface area contributed by atoms with Gasteiger partial charge >= 0.3 is 0 Å². The molecule has 3 N–H and O–H groups in total. The number of nitrogen functional groups attached to an aromatic ring is 1. The van der Waals surface area contributed by atoms with Crippen LogP contribution < -0.4 is 11.1 Å². The number of benzene rings is 1. The Kier molecular flexibility index (Phi) is 4.42. The van der Waals surface area contributed by atoms with E-state index in [1.807, 2.05) is 19.1 Å². The highest BCUT2D eigenvalue weighted by Crippen LogP contribution is 2.24. The Morgan fingerprint density at radius 3 is 2.88 bits per heavy atom. The molecule has 1 aromatic carbocycles. The molecule has 3 nitrogen and oxygen atoms in total. The van der Waals surface area contributed by atoms with Crippen LogP contribution in [0.4, 0.5) is 5.69 Å². The first-order valence-electron chi connectivity index (χ1n) is 6.08.